The molecule has 0 saturated carbocycles. The first-order chi connectivity index (χ1) is 11.5. The Balaban J connectivity index is 1.72. The van der Waals surface area contributed by atoms with Crippen LogP contribution in [-0.2, 0) is 11.2 Å². The maximum Gasteiger partial charge on any atom is 0.159 e. The highest BCUT2D eigenvalue weighted by Crippen LogP contribution is 2.15. The van der Waals surface area contributed by atoms with Gasteiger partial charge in [0.05, 0.1) is 0 Å². The van der Waals surface area contributed by atoms with Gasteiger partial charge in [-0.3, -0.25) is 4.79 Å². The Hall–Kier alpha value is -2.62. The Morgan fingerprint density at radius 2 is 1.29 bits per heavy atom. The quantitative estimate of drug-likeness (QED) is 0.518. The third-order valence-electron chi connectivity index (χ3n) is 3.57. The van der Waals surface area contributed by atoms with Gasteiger partial charge in [0.1, 0.15) is 30.5 Å². The third kappa shape index (κ3) is 5.88. The number of hydrogen-bond acceptors (Lipinski definition) is 4. The summed E-state index contributed by atoms with van der Waals surface area (Å²) in [7, 11) is 0. The van der Waals surface area contributed by atoms with Gasteiger partial charge in [-0.15, -0.1) is 0 Å². The number of Topliss-reactive ketones (excluding diaryl/α,β-unsaturated/α-hetero) is 2. The highest BCUT2D eigenvalue weighted by Gasteiger charge is 2.01. The van der Waals surface area contributed by atoms with Gasteiger partial charge in [0, 0.05) is 12.0 Å². The first-order valence-electron chi connectivity index (χ1n) is 7.99. The van der Waals surface area contributed by atoms with Crippen molar-refractivity contribution >= 4 is 11.6 Å². The van der Waals surface area contributed by atoms with Crippen molar-refractivity contribution in [3.8, 4) is 11.5 Å². The first-order valence-corrected chi connectivity index (χ1v) is 7.99. The first kappa shape index (κ1) is 17.7. The molecule has 0 aliphatic heterocycles. The average Bonchev–Trinajstić information content (AvgIpc) is 2.58. The van der Waals surface area contributed by atoms with E-state index in [1.807, 2.05) is 24.3 Å². The van der Waals surface area contributed by atoms with Crippen LogP contribution >= 0.6 is 0 Å². The molecule has 0 unspecified atom stereocenters. The molecule has 2 aromatic carbocycles. The summed E-state index contributed by atoms with van der Waals surface area (Å²) in [6.45, 7) is 3.99. The topological polar surface area (TPSA) is 52.6 Å². The lowest BCUT2D eigenvalue weighted by Crippen LogP contribution is -2.09. The van der Waals surface area contributed by atoms with E-state index in [0.717, 1.165) is 17.7 Å². The van der Waals surface area contributed by atoms with Crippen molar-refractivity contribution in [1.82, 2.24) is 0 Å². The maximum absolute atomic E-state index is 11.2. The number of carbonyl (C=O) groups is 2. The molecular formula is C20H22O4. The van der Waals surface area contributed by atoms with Gasteiger partial charge in [-0.05, 0) is 62.2 Å². The van der Waals surface area contributed by atoms with Crippen LogP contribution in [0, 0.1) is 0 Å². The van der Waals surface area contributed by atoms with Crippen LogP contribution in [0.4, 0.5) is 0 Å². The molecule has 0 aliphatic carbocycles. The van der Waals surface area contributed by atoms with Gasteiger partial charge in [0.2, 0.25) is 0 Å². The van der Waals surface area contributed by atoms with Crippen LogP contribution in [0.25, 0.3) is 0 Å². The molecule has 126 valence electrons. The minimum absolute atomic E-state index is 0.0385. The second-order valence-corrected chi connectivity index (χ2v) is 5.62. The molecule has 2 aromatic rings. The summed E-state index contributed by atoms with van der Waals surface area (Å²) in [6, 6.07) is 14.8. The Morgan fingerprint density at radius 3 is 1.75 bits per heavy atom. The minimum atomic E-state index is 0.0385. The molecule has 0 saturated heterocycles. The van der Waals surface area contributed by atoms with Crippen molar-refractivity contribution in [2.75, 3.05) is 13.2 Å². The van der Waals surface area contributed by atoms with Crippen LogP contribution in [0.15, 0.2) is 48.5 Å². The Kier molecular flexibility index (Phi) is 6.55. The summed E-state index contributed by atoms with van der Waals surface area (Å²) in [5.41, 5.74) is 1.79. The highest BCUT2D eigenvalue weighted by atomic mass is 16.5. The molecule has 24 heavy (non-hydrogen) atoms. The summed E-state index contributed by atoms with van der Waals surface area (Å²) in [4.78, 5) is 22.2. The summed E-state index contributed by atoms with van der Waals surface area (Å²) in [5, 5.41) is 0. The summed E-state index contributed by atoms with van der Waals surface area (Å²) < 4.78 is 11.2. The van der Waals surface area contributed by atoms with Crippen molar-refractivity contribution in [3.63, 3.8) is 0 Å². The van der Waals surface area contributed by atoms with Gasteiger partial charge in [-0.1, -0.05) is 12.1 Å². The zero-order chi connectivity index (χ0) is 17.4. The SMILES string of the molecule is CC(=O)CCc1ccc(OCCOc2ccc(C(C)=O)cc2)cc1. The fourth-order valence-electron chi connectivity index (χ4n) is 2.18. The number of rotatable bonds is 9. The molecule has 0 N–H and O–H groups in total. The van der Waals surface area contributed by atoms with Crippen LogP contribution in [0.3, 0.4) is 0 Å². The number of ether oxygens (including phenoxy) is 2. The predicted octanol–water partition coefficient (Wildman–Crippen LogP) is 3.87. The zero-order valence-electron chi connectivity index (χ0n) is 14.1. The highest BCUT2D eigenvalue weighted by molar-refractivity contribution is 5.94. The number of hydrogen-bond donors (Lipinski definition) is 0. The molecule has 0 radical (unpaired) electrons. The fourth-order valence-corrected chi connectivity index (χ4v) is 2.18. The predicted molar refractivity (Wildman–Crippen MR) is 92.9 cm³/mol. The summed E-state index contributed by atoms with van der Waals surface area (Å²) in [5.74, 6) is 1.72. The molecule has 0 amide bonds. The molecule has 0 bridgehead atoms. The summed E-state index contributed by atoms with van der Waals surface area (Å²) in [6.07, 6.45) is 1.32. The Bertz CT molecular complexity index is 672. The van der Waals surface area contributed by atoms with Crippen LogP contribution in [-0.4, -0.2) is 24.8 Å². The maximum atomic E-state index is 11.2. The van der Waals surface area contributed by atoms with Gasteiger partial charge >= 0.3 is 0 Å². The van der Waals surface area contributed by atoms with E-state index >= 15 is 0 Å². The van der Waals surface area contributed by atoms with E-state index in [-0.39, 0.29) is 11.6 Å². The van der Waals surface area contributed by atoms with E-state index in [1.165, 1.54) is 6.92 Å². The van der Waals surface area contributed by atoms with Gasteiger partial charge in [0.15, 0.2) is 5.78 Å². The van der Waals surface area contributed by atoms with E-state index in [2.05, 4.69) is 0 Å². The Morgan fingerprint density at radius 1 is 0.792 bits per heavy atom. The van der Waals surface area contributed by atoms with Crippen molar-refractivity contribution in [2.45, 2.75) is 26.7 Å². The van der Waals surface area contributed by atoms with E-state index in [4.69, 9.17) is 9.47 Å². The van der Waals surface area contributed by atoms with Gasteiger partial charge in [-0.2, -0.15) is 0 Å². The number of aryl methyl sites for hydroxylation is 1. The molecule has 0 spiro atoms. The normalized spacial score (nSPS) is 10.2. The lowest BCUT2D eigenvalue weighted by molar-refractivity contribution is -0.116. The lowest BCUT2D eigenvalue weighted by atomic mass is 10.1. The molecule has 0 fully saturated rings. The molecule has 4 nitrogen and oxygen atoms in total. The fraction of sp³-hybridized carbons (Fsp3) is 0.300. The van der Waals surface area contributed by atoms with Crippen LogP contribution < -0.4 is 9.47 Å². The van der Waals surface area contributed by atoms with Crippen molar-refractivity contribution in [3.05, 3.63) is 59.7 Å². The monoisotopic (exact) mass is 326 g/mol. The van der Waals surface area contributed by atoms with Gasteiger partial charge in [-0.25, -0.2) is 0 Å². The molecule has 4 heteroatoms. The van der Waals surface area contributed by atoms with Crippen molar-refractivity contribution < 1.29 is 19.1 Å². The molecule has 0 aromatic heterocycles. The van der Waals surface area contributed by atoms with Crippen molar-refractivity contribution in [2.24, 2.45) is 0 Å². The number of benzene rings is 2. The smallest absolute Gasteiger partial charge is 0.159 e. The van der Waals surface area contributed by atoms with Crippen LogP contribution in [0.5, 0.6) is 11.5 Å². The van der Waals surface area contributed by atoms with Crippen LogP contribution in [0.1, 0.15) is 36.2 Å². The molecule has 0 heterocycles. The van der Waals surface area contributed by atoms with Crippen molar-refractivity contribution in [1.29, 1.82) is 0 Å². The largest absolute Gasteiger partial charge is 0.490 e. The molecular weight excluding hydrogens is 304 g/mol. The molecule has 2 rings (SSSR count). The second-order valence-electron chi connectivity index (χ2n) is 5.62. The summed E-state index contributed by atoms with van der Waals surface area (Å²) >= 11 is 0. The number of carbonyl (C=O) groups excluding carboxylic acids is 2. The van der Waals surface area contributed by atoms with Gasteiger partial charge < -0.3 is 14.3 Å². The number of ketones is 2. The standard InChI is InChI=1S/C20H22O4/c1-15(21)3-4-17-5-9-19(10-6-17)23-13-14-24-20-11-7-18(8-12-20)16(2)22/h5-12H,3-4,13-14H2,1-2H3. The van der Waals surface area contributed by atoms with Crippen LogP contribution in [0.2, 0.25) is 0 Å². The van der Waals surface area contributed by atoms with E-state index < -0.39 is 0 Å². The lowest BCUT2D eigenvalue weighted by Gasteiger charge is -2.09. The second kappa shape index (κ2) is 8.87. The van der Waals surface area contributed by atoms with Gasteiger partial charge in [0.25, 0.3) is 0 Å². The molecule has 0 atom stereocenters. The molecule has 0 aliphatic rings. The van der Waals surface area contributed by atoms with E-state index in [1.54, 1.807) is 31.2 Å². The average molecular weight is 326 g/mol. The zero-order valence-corrected chi connectivity index (χ0v) is 14.1. The van der Waals surface area contributed by atoms with E-state index in [9.17, 15) is 9.59 Å². The third-order valence-corrected chi connectivity index (χ3v) is 3.57. The Labute approximate surface area is 142 Å². The minimum Gasteiger partial charge on any atom is -0.490 e. The van der Waals surface area contributed by atoms with E-state index in [0.29, 0.717) is 30.9 Å².